The zero-order valence-electron chi connectivity index (χ0n) is 10.8. The van der Waals surface area contributed by atoms with Crippen molar-refractivity contribution in [1.82, 2.24) is 19.5 Å². The van der Waals surface area contributed by atoms with Crippen LogP contribution < -0.4 is 11.3 Å². The molecule has 0 radical (unpaired) electrons. The molecule has 114 valence electrons. The molecule has 0 atom stereocenters. The van der Waals surface area contributed by atoms with Gasteiger partial charge < -0.3 is 25.2 Å². The van der Waals surface area contributed by atoms with E-state index in [4.69, 9.17) is 20.3 Å². The number of ether oxygens (including phenoxy) is 1. The van der Waals surface area contributed by atoms with Crippen LogP contribution >= 0.6 is 7.60 Å². The van der Waals surface area contributed by atoms with Crippen molar-refractivity contribution in [3.63, 3.8) is 0 Å². The highest BCUT2D eigenvalue weighted by molar-refractivity contribution is 7.51. The summed E-state index contributed by atoms with van der Waals surface area (Å²) >= 11 is 0. The molecular formula is C10H14N5O5P. The second-order valence-corrected chi connectivity index (χ2v) is 5.71. The molecule has 0 spiro atoms. The number of aromatic amines is 1. The third kappa shape index (κ3) is 3.99. The van der Waals surface area contributed by atoms with Gasteiger partial charge in [0.1, 0.15) is 6.35 Å². The Kier molecular flexibility index (Phi) is 4.53. The van der Waals surface area contributed by atoms with Gasteiger partial charge in [0.2, 0.25) is 5.95 Å². The first-order valence-electron chi connectivity index (χ1n) is 5.85. The number of anilines is 1. The quantitative estimate of drug-likeness (QED) is 0.313. The van der Waals surface area contributed by atoms with Crippen molar-refractivity contribution in [3.8, 4) is 0 Å². The number of hydrogen-bond donors (Lipinski definition) is 4. The lowest BCUT2D eigenvalue weighted by Gasteiger charge is -2.05. The Morgan fingerprint density at radius 1 is 1.48 bits per heavy atom. The van der Waals surface area contributed by atoms with Gasteiger partial charge >= 0.3 is 7.60 Å². The largest absolute Gasteiger partial charge is 0.369 e. The second kappa shape index (κ2) is 6.19. The number of fused-ring (bicyclic) bond motifs is 1. The van der Waals surface area contributed by atoms with Crippen LogP contribution in [0.1, 0.15) is 0 Å². The summed E-state index contributed by atoms with van der Waals surface area (Å²) in [5.41, 5.74) is 5.82. The average Bonchev–Trinajstić information content (AvgIpc) is 2.83. The van der Waals surface area contributed by atoms with Crippen molar-refractivity contribution in [2.75, 3.05) is 18.7 Å². The van der Waals surface area contributed by atoms with Gasteiger partial charge in [-0.1, -0.05) is 12.2 Å². The number of imidazole rings is 1. The zero-order valence-corrected chi connectivity index (χ0v) is 11.7. The van der Waals surface area contributed by atoms with E-state index in [1.165, 1.54) is 17.0 Å². The van der Waals surface area contributed by atoms with Crippen molar-refractivity contribution in [3.05, 3.63) is 28.8 Å². The molecule has 2 heterocycles. The van der Waals surface area contributed by atoms with Gasteiger partial charge in [0.05, 0.1) is 12.9 Å². The maximum atomic E-state index is 12.1. The molecule has 21 heavy (non-hydrogen) atoms. The van der Waals surface area contributed by atoms with Crippen molar-refractivity contribution in [2.45, 2.75) is 6.54 Å². The van der Waals surface area contributed by atoms with Crippen LogP contribution in [0.25, 0.3) is 11.2 Å². The lowest BCUT2D eigenvalue weighted by atomic mass is 10.4. The molecule has 0 unspecified atom stereocenters. The molecule has 2 rings (SSSR count). The highest BCUT2D eigenvalue weighted by Crippen LogP contribution is 2.33. The van der Waals surface area contributed by atoms with Crippen LogP contribution in [-0.2, 0) is 15.8 Å². The molecule has 0 aliphatic heterocycles. The predicted octanol–water partition coefficient (Wildman–Crippen LogP) is -0.590. The number of allylic oxidation sites excluding steroid dienone is 1. The van der Waals surface area contributed by atoms with E-state index in [1.54, 1.807) is 6.08 Å². The monoisotopic (exact) mass is 315 g/mol. The Morgan fingerprint density at radius 3 is 2.95 bits per heavy atom. The Bertz CT molecular complexity index is 761. The van der Waals surface area contributed by atoms with Gasteiger partial charge in [0.25, 0.3) is 5.56 Å². The zero-order chi connectivity index (χ0) is 15.5. The number of aromatic nitrogens is 4. The first-order valence-corrected chi connectivity index (χ1v) is 7.65. The molecule has 0 aliphatic carbocycles. The maximum absolute atomic E-state index is 12.1. The molecule has 0 fully saturated rings. The highest BCUT2D eigenvalue weighted by atomic mass is 31.2. The molecule has 10 nitrogen and oxygen atoms in total. The summed E-state index contributed by atoms with van der Waals surface area (Å²) in [6.07, 6.45) is 3.81. The summed E-state index contributed by atoms with van der Waals surface area (Å²) in [4.78, 5) is 39.8. The minimum absolute atomic E-state index is 0.0117. The van der Waals surface area contributed by atoms with E-state index < -0.39 is 13.9 Å². The third-order valence-electron chi connectivity index (χ3n) is 2.50. The highest BCUT2D eigenvalue weighted by Gasteiger charge is 2.11. The lowest BCUT2D eigenvalue weighted by Crippen LogP contribution is -2.24. The number of nitrogen functional groups attached to an aromatic ring is 1. The first kappa shape index (κ1) is 15.4. The molecule has 2 aromatic heterocycles. The van der Waals surface area contributed by atoms with Crippen LogP contribution in [-0.4, -0.2) is 42.3 Å². The smallest absolute Gasteiger partial charge is 0.350 e. The Morgan fingerprint density at radius 2 is 2.24 bits per heavy atom. The summed E-state index contributed by atoms with van der Waals surface area (Å²) < 4.78 is 16.5. The van der Waals surface area contributed by atoms with Gasteiger partial charge in [-0.05, 0) is 0 Å². The van der Waals surface area contributed by atoms with Crippen LogP contribution in [0.5, 0.6) is 0 Å². The van der Waals surface area contributed by atoms with E-state index >= 15 is 0 Å². The predicted molar refractivity (Wildman–Crippen MR) is 74.6 cm³/mol. The average molecular weight is 315 g/mol. The first-order chi connectivity index (χ1) is 9.88. The summed E-state index contributed by atoms with van der Waals surface area (Å²) in [5, 5.41) is 0. The second-order valence-electron chi connectivity index (χ2n) is 4.12. The third-order valence-corrected chi connectivity index (χ3v) is 3.02. The number of hydrogen-bond acceptors (Lipinski definition) is 6. The van der Waals surface area contributed by atoms with Crippen molar-refractivity contribution >= 4 is 24.7 Å². The van der Waals surface area contributed by atoms with Crippen molar-refractivity contribution in [1.29, 1.82) is 0 Å². The van der Waals surface area contributed by atoms with Gasteiger partial charge in [0.15, 0.2) is 11.2 Å². The van der Waals surface area contributed by atoms with E-state index in [2.05, 4.69) is 15.0 Å². The van der Waals surface area contributed by atoms with Gasteiger partial charge in [-0.3, -0.25) is 13.9 Å². The van der Waals surface area contributed by atoms with Crippen LogP contribution in [0.3, 0.4) is 0 Å². The molecular weight excluding hydrogens is 301 g/mol. The Hall–Kier alpha value is -2.00. The van der Waals surface area contributed by atoms with Gasteiger partial charge in [-0.2, -0.15) is 4.98 Å². The van der Waals surface area contributed by atoms with E-state index in [9.17, 15) is 9.36 Å². The summed E-state index contributed by atoms with van der Waals surface area (Å²) in [5.74, 6) is 0.0394. The Balaban J connectivity index is 2.00. The van der Waals surface area contributed by atoms with E-state index in [0.29, 0.717) is 5.65 Å². The maximum Gasteiger partial charge on any atom is 0.350 e. The number of nitrogens with zero attached hydrogens (tertiary/aromatic N) is 3. The molecule has 0 saturated carbocycles. The minimum Gasteiger partial charge on any atom is -0.369 e. The van der Waals surface area contributed by atoms with Gasteiger partial charge in [0, 0.05) is 6.54 Å². The molecule has 0 bridgehead atoms. The van der Waals surface area contributed by atoms with Crippen molar-refractivity contribution < 1.29 is 19.1 Å². The lowest BCUT2D eigenvalue weighted by molar-refractivity contribution is 0.184. The fraction of sp³-hybridized carbons (Fsp3) is 0.300. The number of nitrogens with one attached hydrogen (secondary N) is 1. The topological polar surface area (TPSA) is 156 Å². The van der Waals surface area contributed by atoms with Crippen LogP contribution in [0, 0.1) is 0 Å². The SMILES string of the molecule is Nc1nc2[nH]cnc2c(=O)n1C/C=C/COCP(=O)(O)O. The van der Waals surface area contributed by atoms with Gasteiger partial charge in [-0.15, -0.1) is 0 Å². The normalized spacial score (nSPS) is 12.5. The van der Waals surface area contributed by atoms with Crippen LogP contribution in [0.2, 0.25) is 0 Å². The standard InChI is InChI=1S/C10H14N5O5P/c11-10-14-8-7(12-5-13-8)9(16)15(10)3-1-2-4-20-6-21(17,18)19/h1-2,5H,3-4,6H2,(H2,11,14)(H,12,13)(H2,17,18,19)/b2-1+. The fourth-order valence-electron chi connectivity index (χ4n) is 1.60. The van der Waals surface area contributed by atoms with E-state index in [0.717, 1.165) is 0 Å². The summed E-state index contributed by atoms with van der Waals surface area (Å²) in [7, 11) is -4.16. The molecule has 5 N–H and O–H groups in total. The molecule has 0 saturated heterocycles. The number of H-pyrrole nitrogens is 1. The fourth-order valence-corrected chi connectivity index (χ4v) is 1.94. The molecule has 2 aromatic rings. The molecule has 0 amide bonds. The summed E-state index contributed by atoms with van der Waals surface area (Å²) in [6.45, 7) is 0.164. The van der Waals surface area contributed by atoms with E-state index in [-0.39, 0.29) is 30.2 Å². The molecule has 0 aliphatic rings. The van der Waals surface area contributed by atoms with Crippen molar-refractivity contribution in [2.24, 2.45) is 0 Å². The molecule has 0 aromatic carbocycles. The number of nitrogens with two attached hydrogens (primary N) is 1. The minimum atomic E-state index is -4.16. The van der Waals surface area contributed by atoms with Gasteiger partial charge in [-0.25, -0.2) is 4.98 Å². The summed E-state index contributed by atoms with van der Waals surface area (Å²) in [6, 6.07) is 0. The van der Waals surface area contributed by atoms with E-state index in [1.807, 2.05) is 0 Å². The van der Waals surface area contributed by atoms with Crippen LogP contribution in [0.4, 0.5) is 5.95 Å². The van der Waals surface area contributed by atoms with Crippen LogP contribution in [0.15, 0.2) is 23.3 Å². The Labute approximate surface area is 118 Å². The number of rotatable bonds is 6. The molecule has 11 heteroatoms.